The maximum atomic E-state index is 13.6. The molecule has 0 saturated carbocycles. The van der Waals surface area contributed by atoms with Gasteiger partial charge in [-0.2, -0.15) is 0 Å². The molecule has 0 aliphatic heterocycles. The van der Waals surface area contributed by atoms with Gasteiger partial charge in [-0.05, 0) is 19.8 Å². The molecule has 0 radical (unpaired) electrons. The van der Waals surface area contributed by atoms with Crippen LogP contribution >= 0.6 is 0 Å². The summed E-state index contributed by atoms with van der Waals surface area (Å²) in [6, 6.07) is 3.05. The van der Waals surface area contributed by atoms with Gasteiger partial charge in [0.2, 0.25) is 0 Å². The van der Waals surface area contributed by atoms with Crippen LogP contribution in [0.5, 0.6) is 5.75 Å². The van der Waals surface area contributed by atoms with Crippen LogP contribution < -0.4 is 15.4 Å². The second-order valence-corrected chi connectivity index (χ2v) is 4.26. The van der Waals surface area contributed by atoms with Crippen LogP contribution in [0.15, 0.2) is 12.1 Å². The summed E-state index contributed by atoms with van der Waals surface area (Å²) >= 11 is 0. The number of hydrogen-bond acceptors (Lipinski definition) is 3. The molecule has 1 aromatic carbocycles. The van der Waals surface area contributed by atoms with Crippen LogP contribution in [0.1, 0.15) is 33.6 Å². The summed E-state index contributed by atoms with van der Waals surface area (Å²) in [6.07, 6.45) is 2.06. The lowest BCUT2D eigenvalue weighted by Gasteiger charge is -2.26. The lowest BCUT2D eigenvalue weighted by Crippen LogP contribution is -2.26. The Kier molecular flexibility index (Phi) is 5.75. The van der Waals surface area contributed by atoms with Crippen molar-refractivity contribution in [3.05, 3.63) is 17.9 Å². The maximum absolute atomic E-state index is 13.6. The fourth-order valence-corrected chi connectivity index (χ4v) is 1.99. The van der Waals surface area contributed by atoms with Crippen LogP contribution in [-0.4, -0.2) is 19.7 Å². The quantitative estimate of drug-likeness (QED) is 0.758. The molecule has 4 heteroatoms. The third kappa shape index (κ3) is 3.52. The van der Waals surface area contributed by atoms with Gasteiger partial charge in [0.15, 0.2) is 11.6 Å². The summed E-state index contributed by atoms with van der Waals surface area (Å²) in [6.45, 7) is 8.34. The summed E-state index contributed by atoms with van der Waals surface area (Å²) in [5, 5.41) is 0. The minimum atomic E-state index is -0.397. The number of rotatable bonds is 7. The van der Waals surface area contributed by atoms with Gasteiger partial charge in [-0.25, -0.2) is 4.39 Å². The van der Waals surface area contributed by atoms with Crippen LogP contribution in [-0.2, 0) is 0 Å². The second kappa shape index (κ2) is 7.09. The summed E-state index contributed by atoms with van der Waals surface area (Å²) in [4.78, 5) is 2.18. The van der Waals surface area contributed by atoms with Crippen molar-refractivity contribution < 1.29 is 9.13 Å². The second-order valence-electron chi connectivity index (χ2n) is 4.26. The number of nitrogens with zero attached hydrogens (tertiary/aromatic N) is 1. The molecular weight excluding hydrogens is 231 g/mol. The van der Waals surface area contributed by atoms with Crippen molar-refractivity contribution in [2.45, 2.75) is 33.6 Å². The van der Waals surface area contributed by atoms with E-state index >= 15 is 0 Å². The smallest absolute Gasteiger partial charge is 0.167 e. The SMILES string of the molecule is CCCN(CCC)c1cc(OCC)c(F)cc1N. The molecule has 3 nitrogen and oxygen atoms in total. The first-order valence-electron chi connectivity index (χ1n) is 6.60. The van der Waals surface area contributed by atoms with Crippen molar-refractivity contribution in [2.24, 2.45) is 0 Å². The fourth-order valence-electron chi connectivity index (χ4n) is 1.99. The van der Waals surface area contributed by atoms with E-state index in [0.29, 0.717) is 12.3 Å². The number of anilines is 2. The topological polar surface area (TPSA) is 38.5 Å². The highest BCUT2D eigenvalue weighted by molar-refractivity contribution is 5.70. The Morgan fingerprint density at radius 1 is 1.17 bits per heavy atom. The standard InChI is InChI=1S/C14H23FN2O/c1-4-7-17(8-5-2)13-10-14(18-6-3)11(15)9-12(13)16/h9-10H,4-8,16H2,1-3H3. The van der Waals surface area contributed by atoms with E-state index in [1.807, 2.05) is 6.92 Å². The minimum Gasteiger partial charge on any atom is -0.491 e. The summed E-state index contributed by atoms with van der Waals surface area (Å²) < 4.78 is 18.9. The Bertz CT molecular complexity index is 376. The van der Waals surface area contributed by atoms with Gasteiger partial charge in [0.25, 0.3) is 0 Å². The normalized spacial score (nSPS) is 10.4. The zero-order valence-electron chi connectivity index (χ0n) is 11.5. The number of ether oxygens (including phenoxy) is 1. The van der Waals surface area contributed by atoms with Crippen molar-refractivity contribution in [3.8, 4) is 5.75 Å². The van der Waals surface area contributed by atoms with E-state index in [-0.39, 0.29) is 5.75 Å². The number of nitrogen functional groups attached to an aromatic ring is 1. The monoisotopic (exact) mass is 254 g/mol. The van der Waals surface area contributed by atoms with Crippen LogP contribution in [0, 0.1) is 5.82 Å². The molecule has 0 aliphatic rings. The lowest BCUT2D eigenvalue weighted by molar-refractivity contribution is 0.321. The number of nitrogens with two attached hydrogens (primary N) is 1. The Labute approximate surface area is 109 Å². The van der Waals surface area contributed by atoms with E-state index in [1.54, 1.807) is 6.07 Å². The van der Waals surface area contributed by atoms with Gasteiger partial charge in [-0.1, -0.05) is 13.8 Å². The largest absolute Gasteiger partial charge is 0.491 e. The van der Waals surface area contributed by atoms with Gasteiger partial charge in [0.05, 0.1) is 18.0 Å². The van der Waals surface area contributed by atoms with Crippen LogP contribution in [0.3, 0.4) is 0 Å². The highest BCUT2D eigenvalue weighted by Gasteiger charge is 2.13. The zero-order chi connectivity index (χ0) is 13.5. The average Bonchev–Trinajstić information content (AvgIpc) is 2.33. The van der Waals surface area contributed by atoms with E-state index < -0.39 is 5.82 Å². The Morgan fingerprint density at radius 3 is 2.28 bits per heavy atom. The highest BCUT2D eigenvalue weighted by Crippen LogP contribution is 2.31. The first-order valence-corrected chi connectivity index (χ1v) is 6.60. The molecule has 102 valence electrons. The molecule has 0 fully saturated rings. The molecule has 0 spiro atoms. The van der Waals surface area contributed by atoms with E-state index in [1.165, 1.54) is 6.07 Å². The van der Waals surface area contributed by atoms with Crippen molar-refractivity contribution in [2.75, 3.05) is 30.3 Å². The molecule has 0 aromatic heterocycles. The predicted molar refractivity (Wildman–Crippen MR) is 74.8 cm³/mol. The van der Waals surface area contributed by atoms with Gasteiger partial charge < -0.3 is 15.4 Å². The van der Waals surface area contributed by atoms with Gasteiger partial charge in [-0.15, -0.1) is 0 Å². The molecule has 1 aromatic rings. The molecule has 2 N–H and O–H groups in total. The number of hydrogen-bond donors (Lipinski definition) is 1. The maximum Gasteiger partial charge on any atom is 0.167 e. The summed E-state index contributed by atoms with van der Waals surface area (Å²) in [5.74, 6) is -0.120. The van der Waals surface area contributed by atoms with Gasteiger partial charge in [0.1, 0.15) is 0 Å². The molecule has 18 heavy (non-hydrogen) atoms. The third-order valence-electron chi connectivity index (χ3n) is 2.71. The Morgan fingerprint density at radius 2 is 1.78 bits per heavy atom. The van der Waals surface area contributed by atoms with Gasteiger partial charge in [-0.3, -0.25) is 0 Å². The predicted octanol–water partition coefficient (Wildman–Crippen LogP) is 3.43. The Hall–Kier alpha value is -1.45. The van der Waals surface area contributed by atoms with E-state index in [0.717, 1.165) is 31.6 Å². The molecule has 0 aliphatic carbocycles. The molecule has 0 amide bonds. The molecule has 0 atom stereocenters. The van der Waals surface area contributed by atoms with E-state index in [9.17, 15) is 4.39 Å². The molecule has 0 unspecified atom stereocenters. The number of benzene rings is 1. The molecular formula is C14H23FN2O. The minimum absolute atomic E-state index is 0.277. The van der Waals surface area contributed by atoms with Crippen LogP contribution in [0.2, 0.25) is 0 Å². The average molecular weight is 254 g/mol. The molecule has 1 rings (SSSR count). The van der Waals surface area contributed by atoms with E-state index in [4.69, 9.17) is 10.5 Å². The molecule has 0 saturated heterocycles. The number of halogens is 1. The lowest BCUT2D eigenvalue weighted by atomic mass is 10.2. The first-order chi connectivity index (χ1) is 8.63. The third-order valence-corrected chi connectivity index (χ3v) is 2.71. The molecule has 0 bridgehead atoms. The summed E-state index contributed by atoms with van der Waals surface area (Å²) in [5.41, 5.74) is 7.25. The Balaban J connectivity index is 3.07. The van der Waals surface area contributed by atoms with Crippen LogP contribution in [0.25, 0.3) is 0 Å². The van der Waals surface area contributed by atoms with Crippen molar-refractivity contribution >= 4 is 11.4 Å². The van der Waals surface area contributed by atoms with Gasteiger partial charge in [0, 0.05) is 25.2 Å². The zero-order valence-corrected chi connectivity index (χ0v) is 11.5. The highest BCUT2D eigenvalue weighted by atomic mass is 19.1. The van der Waals surface area contributed by atoms with E-state index in [2.05, 4.69) is 18.7 Å². The van der Waals surface area contributed by atoms with Crippen molar-refractivity contribution in [3.63, 3.8) is 0 Å². The first kappa shape index (κ1) is 14.6. The van der Waals surface area contributed by atoms with Crippen molar-refractivity contribution in [1.29, 1.82) is 0 Å². The van der Waals surface area contributed by atoms with Crippen LogP contribution in [0.4, 0.5) is 15.8 Å². The molecule has 0 heterocycles. The van der Waals surface area contributed by atoms with Gasteiger partial charge >= 0.3 is 0 Å². The summed E-state index contributed by atoms with van der Waals surface area (Å²) in [7, 11) is 0. The van der Waals surface area contributed by atoms with Crippen molar-refractivity contribution in [1.82, 2.24) is 0 Å². The fraction of sp³-hybridized carbons (Fsp3) is 0.571.